The first-order valence-corrected chi connectivity index (χ1v) is 11.3. The van der Waals surface area contributed by atoms with Gasteiger partial charge in [-0.3, -0.25) is 4.79 Å². The van der Waals surface area contributed by atoms with Crippen LogP contribution in [0.15, 0.2) is 48.5 Å². The smallest absolute Gasteiger partial charge is 0.227 e. The Kier molecular flexibility index (Phi) is 6.48. The summed E-state index contributed by atoms with van der Waals surface area (Å²) in [6.45, 7) is 0.531. The fraction of sp³-hybridized carbons (Fsp3) is 0.316. The van der Waals surface area contributed by atoms with Gasteiger partial charge >= 0.3 is 0 Å². The number of halogens is 2. The number of nitrogens with one attached hydrogen (secondary N) is 1. The van der Waals surface area contributed by atoms with Gasteiger partial charge in [0.1, 0.15) is 5.82 Å². The van der Waals surface area contributed by atoms with E-state index in [2.05, 4.69) is 27.9 Å². The van der Waals surface area contributed by atoms with Gasteiger partial charge in [0.2, 0.25) is 15.9 Å². The third kappa shape index (κ3) is 5.26. The van der Waals surface area contributed by atoms with Crippen molar-refractivity contribution < 1.29 is 17.6 Å². The SMILES string of the molecule is O=C(Nc1ccc(I)cc1)C1CCN(S(=O)(=O)Cc2ccccc2F)CC1. The third-order valence-electron chi connectivity index (χ3n) is 4.63. The van der Waals surface area contributed by atoms with E-state index in [1.165, 1.54) is 22.5 Å². The summed E-state index contributed by atoms with van der Waals surface area (Å²) in [4.78, 5) is 12.4. The summed E-state index contributed by atoms with van der Waals surface area (Å²) < 4.78 is 41.3. The van der Waals surface area contributed by atoms with Gasteiger partial charge in [0.15, 0.2) is 0 Å². The molecule has 0 bridgehead atoms. The molecule has 1 N–H and O–H groups in total. The van der Waals surface area contributed by atoms with Gasteiger partial charge in [-0.1, -0.05) is 18.2 Å². The predicted octanol–water partition coefficient (Wildman–Crippen LogP) is 3.61. The maximum atomic E-state index is 13.8. The van der Waals surface area contributed by atoms with Crippen LogP contribution < -0.4 is 5.32 Å². The Labute approximate surface area is 172 Å². The molecule has 8 heteroatoms. The van der Waals surface area contributed by atoms with Crippen molar-refractivity contribution in [3.63, 3.8) is 0 Å². The quantitative estimate of drug-likeness (QED) is 0.636. The van der Waals surface area contributed by atoms with E-state index in [1.807, 2.05) is 24.3 Å². The Morgan fingerprint density at radius 2 is 1.74 bits per heavy atom. The van der Waals surface area contributed by atoms with E-state index >= 15 is 0 Å². The number of rotatable bonds is 5. The lowest BCUT2D eigenvalue weighted by Crippen LogP contribution is -2.42. The minimum Gasteiger partial charge on any atom is -0.326 e. The van der Waals surface area contributed by atoms with Crippen molar-refractivity contribution in [3.05, 3.63) is 63.5 Å². The fourth-order valence-corrected chi connectivity index (χ4v) is 5.01. The normalized spacial score (nSPS) is 16.2. The zero-order valence-electron chi connectivity index (χ0n) is 14.6. The fourth-order valence-electron chi connectivity index (χ4n) is 3.08. The molecule has 1 fully saturated rings. The van der Waals surface area contributed by atoms with E-state index in [0.717, 1.165) is 9.26 Å². The second kappa shape index (κ2) is 8.66. The van der Waals surface area contributed by atoms with Crippen LogP contribution in [0, 0.1) is 15.3 Å². The molecule has 1 heterocycles. The van der Waals surface area contributed by atoms with Gasteiger partial charge < -0.3 is 5.32 Å². The maximum absolute atomic E-state index is 13.8. The van der Waals surface area contributed by atoms with Crippen LogP contribution in [-0.4, -0.2) is 31.7 Å². The van der Waals surface area contributed by atoms with E-state index in [4.69, 9.17) is 0 Å². The highest BCUT2D eigenvalue weighted by molar-refractivity contribution is 14.1. The number of hydrogen-bond donors (Lipinski definition) is 1. The van der Waals surface area contributed by atoms with Gasteiger partial charge in [-0.25, -0.2) is 17.1 Å². The molecule has 2 aromatic rings. The zero-order valence-corrected chi connectivity index (χ0v) is 17.5. The number of nitrogens with zero attached hydrogens (tertiary/aromatic N) is 1. The molecule has 1 aliphatic heterocycles. The Balaban J connectivity index is 1.57. The van der Waals surface area contributed by atoms with Crippen LogP contribution in [0.25, 0.3) is 0 Å². The minimum absolute atomic E-state index is 0.0950. The Morgan fingerprint density at radius 3 is 2.37 bits per heavy atom. The van der Waals surface area contributed by atoms with Crippen molar-refractivity contribution >= 4 is 44.2 Å². The largest absolute Gasteiger partial charge is 0.326 e. The molecule has 27 heavy (non-hydrogen) atoms. The topological polar surface area (TPSA) is 66.5 Å². The molecule has 1 saturated heterocycles. The van der Waals surface area contributed by atoms with Crippen LogP contribution in [0.5, 0.6) is 0 Å². The molecule has 144 valence electrons. The first-order valence-electron chi connectivity index (χ1n) is 8.63. The molecule has 2 aromatic carbocycles. The van der Waals surface area contributed by atoms with Crippen LogP contribution >= 0.6 is 22.6 Å². The van der Waals surface area contributed by atoms with E-state index in [0.29, 0.717) is 12.8 Å². The number of hydrogen-bond acceptors (Lipinski definition) is 3. The lowest BCUT2D eigenvalue weighted by molar-refractivity contribution is -0.120. The highest BCUT2D eigenvalue weighted by atomic mass is 127. The standard InChI is InChI=1S/C19H20FIN2O3S/c20-18-4-2-1-3-15(18)13-27(25,26)23-11-9-14(10-12-23)19(24)22-17-7-5-16(21)6-8-17/h1-8,14H,9-13H2,(H,22,24). The van der Waals surface area contributed by atoms with Gasteiger partial charge in [-0.2, -0.15) is 0 Å². The summed E-state index contributed by atoms with van der Waals surface area (Å²) >= 11 is 2.19. The maximum Gasteiger partial charge on any atom is 0.227 e. The molecule has 5 nitrogen and oxygen atoms in total. The summed E-state index contributed by atoms with van der Waals surface area (Å²) in [7, 11) is -3.61. The molecule has 0 radical (unpaired) electrons. The van der Waals surface area contributed by atoms with Crippen LogP contribution in [-0.2, 0) is 20.6 Å². The first kappa shape index (κ1) is 20.2. The number of carbonyl (C=O) groups excluding carboxylic acids is 1. The second-order valence-corrected chi connectivity index (χ2v) is 9.73. The van der Waals surface area contributed by atoms with E-state index < -0.39 is 15.8 Å². The lowest BCUT2D eigenvalue weighted by atomic mass is 9.97. The molecular weight excluding hydrogens is 482 g/mol. The van der Waals surface area contributed by atoms with Crippen LogP contribution in [0.4, 0.5) is 10.1 Å². The van der Waals surface area contributed by atoms with E-state index in [-0.39, 0.29) is 36.2 Å². The lowest BCUT2D eigenvalue weighted by Gasteiger charge is -2.30. The second-order valence-electron chi connectivity index (χ2n) is 6.52. The summed E-state index contributed by atoms with van der Waals surface area (Å²) in [6.07, 6.45) is 0.902. The van der Waals surface area contributed by atoms with Crippen LogP contribution in [0.1, 0.15) is 18.4 Å². The number of anilines is 1. The van der Waals surface area contributed by atoms with Crippen molar-refractivity contribution in [2.24, 2.45) is 5.92 Å². The van der Waals surface area contributed by atoms with Gasteiger partial charge in [0, 0.05) is 33.8 Å². The molecule has 0 aliphatic carbocycles. The average Bonchev–Trinajstić information content (AvgIpc) is 2.65. The highest BCUT2D eigenvalue weighted by Crippen LogP contribution is 2.24. The van der Waals surface area contributed by atoms with Gasteiger partial charge in [0.05, 0.1) is 5.75 Å². The molecule has 1 aliphatic rings. The molecule has 0 spiro atoms. The van der Waals surface area contributed by atoms with E-state index in [9.17, 15) is 17.6 Å². The van der Waals surface area contributed by atoms with Crippen molar-refractivity contribution in [2.75, 3.05) is 18.4 Å². The number of carbonyl (C=O) groups is 1. The highest BCUT2D eigenvalue weighted by Gasteiger charge is 2.31. The molecule has 3 rings (SSSR count). The number of piperidine rings is 1. The molecule has 0 saturated carbocycles. The van der Waals surface area contributed by atoms with Gasteiger partial charge in [-0.15, -0.1) is 0 Å². The van der Waals surface area contributed by atoms with Crippen molar-refractivity contribution in [1.29, 1.82) is 0 Å². The summed E-state index contributed by atoms with van der Waals surface area (Å²) in [5, 5.41) is 2.88. The molecule has 1 amide bonds. The number of amides is 1. The molecule has 0 unspecified atom stereocenters. The molecule has 0 atom stereocenters. The van der Waals surface area contributed by atoms with Crippen LogP contribution in [0.2, 0.25) is 0 Å². The van der Waals surface area contributed by atoms with Crippen molar-refractivity contribution in [2.45, 2.75) is 18.6 Å². The predicted molar refractivity (Wildman–Crippen MR) is 111 cm³/mol. The van der Waals surface area contributed by atoms with Crippen LogP contribution in [0.3, 0.4) is 0 Å². The first-order chi connectivity index (χ1) is 12.8. The number of sulfonamides is 1. The Bertz CT molecular complexity index is 911. The molecular formula is C19H20FIN2O3S. The van der Waals surface area contributed by atoms with Gasteiger partial charge in [0.25, 0.3) is 0 Å². The Hall–Kier alpha value is -1.52. The van der Waals surface area contributed by atoms with E-state index in [1.54, 1.807) is 6.07 Å². The number of benzene rings is 2. The summed E-state index contributed by atoms with van der Waals surface area (Å²) in [5.41, 5.74) is 0.895. The summed E-state index contributed by atoms with van der Waals surface area (Å²) in [5.74, 6) is -1.21. The zero-order chi connectivity index (χ0) is 19.4. The van der Waals surface area contributed by atoms with Crippen molar-refractivity contribution in [3.8, 4) is 0 Å². The van der Waals surface area contributed by atoms with Gasteiger partial charge in [-0.05, 0) is 65.8 Å². The third-order valence-corrected chi connectivity index (χ3v) is 7.17. The van der Waals surface area contributed by atoms with Crippen molar-refractivity contribution in [1.82, 2.24) is 4.31 Å². The summed E-state index contributed by atoms with van der Waals surface area (Å²) in [6, 6.07) is 13.4. The minimum atomic E-state index is -3.61. The molecule has 0 aromatic heterocycles. The monoisotopic (exact) mass is 502 g/mol. The average molecular weight is 502 g/mol. The Morgan fingerprint density at radius 1 is 1.11 bits per heavy atom.